The molecule has 0 amide bonds. The lowest BCUT2D eigenvalue weighted by Gasteiger charge is -2.11. The van der Waals surface area contributed by atoms with E-state index in [1.807, 2.05) is 30.3 Å². The minimum Gasteiger partial charge on any atom is -0.403 e. The molecule has 7 rings (SSSR count). The van der Waals surface area contributed by atoms with Gasteiger partial charge in [-0.15, -0.1) is 0 Å². The topological polar surface area (TPSA) is 117 Å². The molecule has 43 heavy (non-hydrogen) atoms. The molecule has 0 radical (unpaired) electrons. The molecule has 0 spiro atoms. The van der Waals surface area contributed by atoms with E-state index in [0.29, 0.717) is 17.1 Å². The highest BCUT2D eigenvalue weighted by Crippen LogP contribution is 2.34. The highest BCUT2D eigenvalue weighted by molar-refractivity contribution is 6.02. The number of anilines is 1. The van der Waals surface area contributed by atoms with Gasteiger partial charge in [-0.25, -0.2) is 9.97 Å². The smallest absolute Gasteiger partial charge is 0.0943 e. The number of pyridine rings is 3. The van der Waals surface area contributed by atoms with Gasteiger partial charge in [0, 0.05) is 34.1 Å². The third kappa shape index (κ3) is 4.61. The molecule has 0 aliphatic carbocycles. The van der Waals surface area contributed by atoms with Crippen LogP contribution in [0.1, 0.15) is 11.3 Å². The van der Waals surface area contributed by atoms with E-state index in [1.54, 1.807) is 12.3 Å². The zero-order valence-electron chi connectivity index (χ0n) is 23.3. The summed E-state index contributed by atoms with van der Waals surface area (Å²) in [5.74, 6) is 0. The van der Waals surface area contributed by atoms with Gasteiger partial charge in [0.05, 0.1) is 39.3 Å². The second kappa shape index (κ2) is 10.4. The van der Waals surface area contributed by atoms with Crippen molar-refractivity contribution in [3.63, 3.8) is 0 Å². The fourth-order valence-electron chi connectivity index (χ4n) is 5.52. The molecule has 0 unspecified atom stereocenters. The zero-order chi connectivity index (χ0) is 29.5. The van der Waals surface area contributed by atoms with Gasteiger partial charge in [0.25, 0.3) is 0 Å². The average Bonchev–Trinajstić information content (AvgIpc) is 3.07. The van der Waals surface area contributed by atoms with Crippen molar-refractivity contribution in [2.75, 3.05) is 5.73 Å². The van der Waals surface area contributed by atoms with Crippen LogP contribution in [0.15, 0.2) is 122 Å². The molecule has 6 nitrogen and oxygen atoms in total. The molecule has 0 saturated heterocycles. The standard InChI is InChI=1S/C37H28N6/c1-2-22-7-12-30-29(17-18-41-37(30)36(22)40)23-3-5-24(6-4-23)32-15-10-27-19-25(8-13-33(27)42-32)26-9-14-34-28(20-26)11-16-35(43-34)31(39)21-38/h2-21H,1,38-40H2/b31-21-. The summed E-state index contributed by atoms with van der Waals surface area (Å²) in [6.07, 6.45) is 4.92. The monoisotopic (exact) mass is 556 g/mol. The van der Waals surface area contributed by atoms with Crippen LogP contribution >= 0.6 is 0 Å². The van der Waals surface area contributed by atoms with Gasteiger partial charge in [-0.3, -0.25) is 4.98 Å². The largest absolute Gasteiger partial charge is 0.403 e. The third-order valence-electron chi connectivity index (χ3n) is 7.88. The van der Waals surface area contributed by atoms with Crippen molar-refractivity contribution < 1.29 is 0 Å². The fraction of sp³-hybridized carbons (Fsp3) is 0. The molecule has 0 atom stereocenters. The summed E-state index contributed by atoms with van der Waals surface area (Å²) in [7, 11) is 0. The van der Waals surface area contributed by atoms with E-state index in [9.17, 15) is 0 Å². The number of rotatable bonds is 5. The maximum atomic E-state index is 6.35. The molecule has 0 bridgehead atoms. The van der Waals surface area contributed by atoms with Gasteiger partial charge < -0.3 is 17.2 Å². The van der Waals surface area contributed by atoms with E-state index in [1.165, 1.54) is 6.20 Å². The Morgan fingerprint density at radius 3 is 2.02 bits per heavy atom. The Kier molecular flexibility index (Phi) is 6.29. The number of aromatic nitrogens is 3. The number of nitrogens with zero attached hydrogens (tertiary/aromatic N) is 3. The summed E-state index contributed by atoms with van der Waals surface area (Å²) in [4.78, 5) is 14.1. The molecule has 0 saturated carbocycles. The quantitative estimate of drug-likeness (QED) is 0.186. The molecule has 6 N–H and O–H groups in total. The summed E-state index contributed by atoms with van der Waals surface area (Å²) in [6, 6.07) is 35.2. The SMILES string of the molecule is C=Cc1ccc2c(-c3ccc(-c4ccc5cc(-c6ccc7nc(/C(N)=C/N)ccc7c6)ccc5n4)cc3)ccnc2c1N. The van der Waals surface area contributed by atoms with Crippen LogP contribution < -0.4 is 17.2 Å². The Morgan fingerprint density at radius 2 is 1.33 bits per heavy atom. The number of hydrogen-bond donors (Lipinski definition) is 3. The van der Waals surface area contributed by atoms with Gasteiger partial charge in [-0.2, -0.15) is 0 Å². The average molecular weight is 557 g/mol. The number of nitrogens with two attached hydrogens (primary N) is 3. The van der Waals surface area contributed by atoms with Gasteiger partial charge in [0.2, 0.25) is 0 Å². The minimum absolute atomic E-state index is 0.457. The van der Waals surface area contributed by atoms with Crippen molar-refractivity contribution in [2.24, 2.45) is 11.5 Å². The lowest BCUT2D eigenvalue weighted by atomic mass is 9.97. The number of nitrogen functional groups attached to an aromatic ring is 1. The van der Waals surface area contributed by atoms with Crippen LogP contribution in [0.25, 0.3) is 78.0 Å². The van der Waals surface area contributed by atoms with Gasteiger partial charge in [-0.05, 0) is 70.3 Å². The predicted molar refractivity (Wildman–Crippen MR) is 180 cm³/mol. The van der Waals surface area contributed by atoms with Gasteiger partial charge in [-0.1, -0.05) is 73.3 Å². The van der Waals surface area contributed by atoms with E-state index in [4.69, 9.17) is 22.2 Å². The second-order valence-electron chi connectivity index (χ2n) is 10.4. The van der Waals surface area contributed by atoms with E-state index in [2.05, 4.69) is 89.3 Å². The van der Waals surface area contributed by atoms with Gasteiger partial charge in [0.15, 0.2) is 0 Å². The molecule has 206 valence electrons. The first kappa shape index (κ1) is 25.9. The molecule has 3 heterocycles. The highest BCUT2D eigenvalue weighted by atomic mass is 14.8. The molecule has 4 aromatic carbocycles. The molecule has 0 aliphatic heterocycles. The van der Waals surface area contributed by atoms with Crippen LogP contribution in [0.5, 0.6) is 0 Å². The summed E-state index contributed by atoms with van der Waals surface area (Å²) >= 11 is 0. The van der Waals surface area contributed by atoms with Crippen molar-refractivity contribution >= 4 is 50.2 Å². The maximum absolute atomic E-state index is 6.35. The Balaban J connectivity index is 1.18. The first-order valence-electron chi connectivity index (χ1n) is 13.9. The zero-order valence-corrected chi connectivity index (χ0v) is 23.3. The third-order valence-corrected chi connectivity index (χ3v) is 7.88. The van der Waals surface area contributed by atoms with Crippen LogP contribution in [0.3, 0.4) is 0 Å². The summed E-state index contributed by atoms with van der Waals surface area (Å²) < 4.78 is 0. The minimum atomic E-state index is 0.457. The van der Waals surface area contributed by atoms with Crippen molar-refractivity contribution in [2.45, 2.75) is 0 Å². The predicted octanol–water partition coefficient (Wildman–Crippen LogP) is 7.77. The van der Waals surface area contributed by atoms with Gasteiger partial charge in [0.1, 0.15) is 0 Å². The van der Waals surface area contributed by atoms with Crippen LogP contribution in [0, 0.1) is 0 Å². The molecule has 6 heteroatoms. The molecular formula is C37H28N6. The van der Waals surface area contributed by atoms with E-state index < -0.39 is 0 Å². The fourth-order valence-corrected chi connectivity index (χ4v) is 5.52. The lowest BCUT2D eigenvalue weighted by molar-refractivity contribution is 1.31. The van der Waals surface area contributed by atoms with E-state index in [-0.39, 0.29) is 0 Å². The first-order valence-corrected chi connectivity index (χ1v) is 13.9. The molecule has 0 fully saturated rings. The highest BCUT2D eigenvalue weighted by Gasteiger charge is 2.11. The molecule has 3 aromatic heterocycles. The summed E-state index contributed by atoms with van der Waals surface area (Å²) in [6.45, 7) is 3.85. The van der Waals surface area contributed by atoms with Crippen LogP contribution in [-0.4, -0.2) is 15.0 Å². The van der Waals surface area contributed by atoms with Crippen molar-refractivity contribution in [1.82, 2.24) is 15.0 Å². The normalized spacial score (nSPS) is 11.8. The second-order valence-corrected chi connectivity index (χ2v) is 10.4. The molecule has 7 aromatic rings. The summed E-state index contributed by atoms with van der Waals surface area (Å²) in [5, 5.41) is 3.12. The Hall–Kier alpha value is -6.01. The lowest BCUT2D eigenvalue weighted by Crippen LogP contribution is -2.01. The number of benzene rings is 4. The van der Waals surface area contributed by atoms with Crippen LogP contribution in [-0.2, 0) is 0 Å². The van der Waals surface area contributed by atoms with Crippen molar-refractivity contribution in [3.8, 4) is 33.5 Å². The number of fused-ring (bicyclic) bond motifs is 3. The van der Waals surface area contributed by atoms with Crippen molar-refractivity contribution in [1.29, 1.82) is 0 Å². The first-order chi connectivity index (χ1) is 21.0. The van der Waals surface area contributed by atoms with Gasteiger partial charge >= 0.3 is 0 Å². The number of hydrogen-bond acceptors (Lipinski definition) is 6. The molecule has 0 aliphatic rings. The van der Waals surface area contributed by atoms with E-state index in [0.717, 1.165) is 71.8 Å². The Bertz CT molecular complexity index is 2230. The van der Waals surface area contributed by atoms with E-state index >= 15 is 0 Å². The van der Waals surface area contributed by atoms with Crippen LogP contribution in [0.4, 0.5) is 5.69 Å². The molecular weight excluding hydrogens is 528 g/mol. The summed E-state index contributed by atoms with van der Waals surface area (Å²) in [5.41, 5.74) is 29.5. The Labute approximate surface area is 248 Å². The maximum Gasteiger partial charge on any atom is 0.0943 e. The van der Waals surface area contributed by atoms with Crippen molar-refractivity contribution in [3.05, 3.63) is 133 Å². The Morgan fingerprint density at radius 1 is 0.674 bits per heavy atom. The van der Waals surface area contributed by atoms with Crippen LogP contribution in [0.2, 0.25) is 0 Å².